The van der Waals surface area contributed by atoms with E-state index in [1.54, 1.807) is 13.0 Å². The molecule has 1 saturated heterocycles. The number of amides is 1. The lowest BCUT2D eigenvalue weighted by Crippen LogP contribution is -2.31. The van der Waals surface area contributed by atoms with E-state index < -0.39 is 22.0 Å². The van der Waals surface area contributed by atoms with E-state index in [-0.39, 0.29) is 10.8 Å². The van der Waals surface area contributed by atoms with Gasteiger partial charge in [-0.15, -0.1) is 0 Å². The topological polar surface area (TPSA) is 84.9 Å². The number of benzene rings is 2. The third kappa shape index (κ3) is 5.24. The quantitative estimate of drug-likeness (QED) is 0.634. The van der Waals surface area contributed by atoms with Gasteiger partial charge in [0.15, 0.2) is 6.10 Å². The van der Waals surface area contributed by atoms with Crippen LogP contribution >= 0.6 is 0 Å². The summed E-state index contributed by atoms with van der Waals surface area (Å²) in [6.45, 7) is 8.79. The molecule has 0 bridgehead atoms. The van der Waals surface area contributed by atoms with Crippen molar-refractivity contribution in [1.82, 2.24) is 4.31 Å². The zero-order valence-electron chi connectivity index (χ0n) is 19.3. The van der Waals surface area contributed by atoms with Crippen molar-refractivity contribution < 1.29 is 22.7 Å². The number of hydrogen-bond acceptors (Lipinski definition) is 5. The highest BCUT2D eigenvalue weighted by molar-refractivity contribution is 7.89. The van der Waals surface area contributed by atoms with E-state index in [4.69, 9.17) is 9.47 Å². The first kappa shape index (κ1) is 24.1. The molecule has 1 unspecified atom stereocenters. The van der Waals surface area contributed by atoms with E-state index in [0.717, 1.165) is 24.0 Å². The third-order valence-electron chi connectivity index (χ3n) is 5.60. The summed E-state index contributed by atoms with van der Waals surface area (Å²) in [4.78, 5) is 13.0. The molecule has 1 aliphatic rings. The summed E-state index contributed by atoms with van der Waals surface area (Å²) in [5.41, 5.74) is 2.35. The molecule has 1 aliphatic heterocycles. The predicted octanol–water partition coefficient (Wildman–Crippen LogP) is 4.32. The highest BCUT2D eigenvalue weighted by Gasteiger charge is 2.28. The summed E-state index contributed by atoms with van der Waals surface area (Å²) in [6, 6.07) is 10.5. The molecule has 1 fully saturated rings. The van der Waals surface area contributed by atoms with Crippen molar-refractivity contribution >= 4 is 21.6 Å². The molecule has 3 rings (SSSR count). The summed E-state index contributed by atoms with van der Waals surface area (Å²) in [7, 11) is -2.14. The Kier molecular flexibility index (Phi) is 7.46. The van der Waals surface area contributed by atoms with Gasteiger partial charge < -0.3 is 14.8 Å². The van der Waals surface area contributed by atoms with E-state index in [2.05, 4.69) is 19.2 Å². The summed E-state index contributed by atoms with van der Waals surface area (Å²) < 4.78 is 38.7. The minimum Gasteiger partial charge on any atom is -0.495 e. The van der Waals surface area contributed by atoms with Crippen LogP contribution in [0, 0.1) is 6.92 Å². The van der Waals surface area contributed by atoms with Gasteiger partial charge in [-0.1, -0.05) is 26.0 Å². The summed E-state index contributed by atoms with van der Waals surface area (Å²) in [5.74, 6) is 0.896. The van der Waals surface area contributed by atoms with Gasteiger partial charge in [0.25, 0.3) is 5.91 Å². The van der Waals surface area contributed by atoms with Crippen LogP contribution in [0.3, 0.4) is 0 Å². The Hall–Kier alpha value is -2.58. The molecule has 7 nitrogen and oxygen atoms in total. The molecule has 8 heteroatoms. The molecule has 32 heavy (non-hydrogen) atoms. The fourth-order valence-corrected chi connectivity index (χ4v) is 5.27. The molecule has 2 aromatic rings. The van der Waals surface area contributed by atoms with Crippen molar-refractivity contribution in [2.24, 2.45) is 0 Å². The van der Waals surface area contributed by atoms with Gasteiger partial charge in [0, 0.05) is 13.1 Å². The SMILES string of the molecule is COc1ccc(S(=O)(=O)N2CCCC2)cc1NC(=O)C(C)Oc1cc(C)ccc1C(C)C. The van der Waals surface area contributed by atoms with E-state index in [1.807, 2.05) is 25.1 Å². The van der Waals surface area contributed by atoms with E-state index in [9.17, 15) is 13.2 Å². The van der Waals surface area contributed by atoms with Crippen LogP contribution in [0.25, 0.3) is 0 Å². The van der Waals surface area contributed by atoms with Gasteiger partial charge in [0.1, 0.15) is 11.5 Å². The monoisotopic (exact) mass is 460 g/mol. The molecule has 1 amide bonds. The van der Waals surface area contributed by atoms with Gasteiger partial charge in [-0.05, 0) is 68.0 Å². The van der Waals surface area contributed by atoms with Gasteiger partial charge in [-0.3, -0.25) is 4.79 Å². The Morgan fingerprint density at radius 1 is 1.03 bits per heavy atom. The molecule has 0 aliphatic carbocycles. The van der Waals surface area contributed by atoms with Crippen LogP contribution < -0.4 is 14.8 Å². The van der Waals surface area contributed by atoms with E-state index >= 15 is 0 Å². The molecule has 1 N–H and O–H groups in total. The van der Waals surface area contributed by atoms with E-state index in [0.29, 0.717) is 30.3 Å². The summed E-state index contributed by atoms with van der Waals surface area (Å²) >= 11 is 0. The first-order chi connectivity index (χ1) is 15.1. The average Bonchev–Trinajstić information content (AvgIpc) is 3.29. The molecule has 174 valence electrons. The second-order valence-corrected chi connectivity index (χ2v) is 10.4. The van der Waals surface area contributed by atoms with Crippen molar-refractivity contribution in [2.75, 3.05) is 25.5 Å². The maximum Gasteiger partial charge on any atom is 0.265 e. The second kappa shape index (κ2) is 9.92. The largest absolute Gasteiger partial charge is 0.495 e. The molecule has 2 aromatic carbocycles. The number of methoxy groups -OCH3 is 1. The van der Waals surface area contributed by atoms with Crippen LogP contribution in [-0.2, 0) is 14.8 Å². The van der Waals surface area contributed by atoms with Crippen LogP contribution in [0.15, 0.2) is 41.3 Å². The summed E-state index contributed by atoms with van der Waals surface area (Å²) in [5, 5.41) is 2.78. The minimum atomic E-state index is -3.62. The first-order valence-corrected chi connectivity index (χ1v) is 12.3. The Bertz CT molecular complexity index is 1080. The van der Waals surface area contributed by atoms with Crippen molar-refractivity contribution in [3.63, 3.8) is 0 Å². The number of ether oxygens (including phenoxy) is 2. The minimum absolute atomic E-state index is 0.129. The second-order valence-electron chi connectivity index (χ2n) is 8.42. The number of aryl methyl sites for hydroxylation is 1. The molecule has 0 aromatic heterocycles. The number of rotatable bonds is 8. The van der Waals surface area contributed by atoms with Gasteiger partial charge in [-0.2, -0.15) is 4.31 Å². The fourth-order valence-electron chi connectivity index (χ4n) is 3.72. The zero-order valence-corrected chi connectivity index (χ0v) is 20.2. The number of nitrogens with one attached hydrogen (secondary N) is 1. The van der Waals surface area contributed by atoms with Crippen LogP contribution in [-0.4, -0.2) is 44.9 Å². The highest BCUT2D eigenvalue weighted by atomic mass is 32.2. The van der Waals surface area contributed by atoms with Crippen LogP contribution in [0.4, 0.5) is 5.69 Å². The van der Waals surface area contributed by atoms with Crippen molar-refractivity contribution in [2.45, 2.75) is 57.5 Å². The van der Waals surface area contributed by atoms with Crippen LogP contribution in [0.5, 0.6) is 11.5 Å². The van der Waals surface area contributed by atoms with Crippen molar-refractivity contribution in [1.29, 1.82) is 0 Å². The molecular formula is C24H32N2O5S. The Labute approximate surface area is 190 Å². The Morgan fingerprint density at radius 2 is 1.72 bits per heavy atom. The molecule has 1 atom stereocenters. The summed E-state index contributed by atoms with van der Waals surface area (Å²) in [6.07, 6.45) is 0.911. The van der Waals surface area contributed by atoms with Crippen molar-refractivity contribution in [3.8, 4) is 11.5 Å². The first-order valence-electron chi connectivity index (χ1n) is 10.9. The zero-order chi connectivity index (χ0) is 23.5. The van der Waals surface area contributed by atoms with Crippen molar-refractivity contribution in [3.05, 3.63) is 47.5 Å². The lowest BCUT2D eigenvalue weighted by molar-refractivity contribution is -0.122. The maximum absolute atomic E-state index is 12.9. The smallest absolute Gasteiger partial charge is 0.265 e. The van der Waals surface area contributed by atoms with Gasteiger partial charge in [-0.25, -0.2) is 8.42 Å². The Balaban J connectivity index is 1.82. The standard InChI is InChI=1S/C24H32N2O5S/c1-16(2)20-10-8-17(3)14-23(20)31-18(4)24(27)25-21-15-19(9-11-22(21)30-5)32(28,29)26-12-6-7-13-26/h8-11,14-16,18H,6-7,12-13H2,1-5H3,(H,25,27). The number of anilines is 1. The number of hydrogen-bond donors (Lipinski definition) is 1. The van der Waals surface area contributed by atoms with E-state index in [1.165, 1.54) is 23.5 Å². The molecular weight excluding hydrogens is 428 g/mol. The number of sulfonamides is 1. The molecule has 0 spiro atoms. The third-order valence-corrected chi connectivity index (χ3v) is 7.49. The fraction of sp³-hybridized carbons (Fsp3) is 0.458. The Morgan fingerprint density at radius 3 is 2.34 bits per heavy atom. The number of nitrogens with zero attached hydrogens (tertiary/aromatic N) is 1. The van der Waals surface area contributed by atoms with Gasteiger partial charge in [0.05, 0.1) is 17.7 Å². The number of carbonyl (C=O) groups is 1. The van der Waals surface area contributed by atoms with Gasteiger partial charge >= 0.3 is 0 Å². The maximum atomic E-state index is 12.9. The highest BCUT2D eigenvalue weighted by Crippen LogP contribution is 2.31. The molecule has 0 radical (unpaired) electrons. The lowest BCUT2D eigenvalue weighted by atomic mass is 10.0. The lowest BCUT2D eigenvalue weighted by Gasteiger charge is -2.21. The average molecular weight is 461 g/mol. The van der Waals surface area contributed by atoms with Gasteiger partial charge in [0.2, 0.25) is 10.0 Å². The normalized spacial score (nSPS) is 15.6. The molecule has 0 saturated carbocycles. The molecule has 1 heterocycles. The number of carbonyl (C=O) groups excluding carboxylic acids is 1. The van der Waals surface area contributed by atoms with Crippen LogP contribution in [0.1, 0.15) is 50.7 Å². The predicted molar refractivity (Wildman–Crippen MR) is 125 cm³/mol. The van der Waals surface area contributed by atoms with Crippen LogP contribution in [0.2, 0.25) is 0 Å².